The molecule has 1 aromatic heterocycles. The molecule has 0 spiro atoms. The van der Waals surface area contributed by atoms with Crippen LogP contribution in [0, 0.1) is 11.6 Å². The Morgan fingerprint density at radius 3 is 2.74 bits per heavy atom. The van der Waals surface area contributed by atoms with Crippen LogP contribution in [0.25, 0.3) is 0 Å². The van der Waals surface area contributed by atoms with E-state index < -0.39 is 27.4 Å². The zero-order valence-electron chi connectivity index (χ0n) is 12.0. The highest BCUT2D eigenvalue weighted by Crippen LogP contribution is 2.23. The molecule has 1 aliphatic rings. The van der Waals surface area contributed by atoms with Crippen LogP contribution in [0.5, 0.6) is 5.75 Å². The molecule has 0 aliphatic carbocycles. The fourth-order valence-electron chi connectivity index (χ4n) is 2.25. The van der Waals surface area contributed by atoms with E-state index >= 15 is 0 Å². The maximum Gasteiger partial charge on any atom is 0.218 e. The van der Waals surface area contributed by atoms with E-state index in [1.807, 2.05) is 0 Å². The molecule has 0 N–H and O–H groups in total. The summed E-state index contributed by atoms with van der Waals surface area (Å²) in [6, 6.07) is 6.22. The van der Waals surface area contributed by atoms with Gasteiger partial charge in [0.1, 0.15) is 23.5 Å². The second-order valence-corrected chi connectivity index (χ2v) is 7.21. The lowest BCUT2D eigenvalue weighted by Gasteiger charge is -2.37. The quantitative estimate of drug-likeness (QED) is 0.835. The number of halogens is 2. The van der Waals surface area contributed by atoms with Crippen molar-refractivity contribution in [3.63, 3.8) is 0 Å². The molecule has 0 bridgehead atoms. The molecule has 122 valence electrons. The topological polar surface area (TPSA) is 59.5 Å². The average Bonchev–Trinajstić information content (AvgIpc) is 2.47. The molecule has 3 rings (SSSR count). The van der Waals surface area contributed by atoms with Gasteiger partial charge in [0.15, 0.2) is 0 Å². The fourth-order valence-corrected chi connectivity index (χ4v) is 3.84. The summed E-state index contributed by atoms with van der Waals surface area (Å²) < 4.78 is 57.9. The van der Waals surface area contributed by atoms with Crippen LogP contribution in [-0.2, 0) is 15.8 Å². The van der Waals surface area contributed by atoms with Gasteiger partial charge < -0.3 is 4.74 Å². The minimum absolute atomic E-state index is 0.175. The molecule has 2 heterocycles. The van der Waals surface area contributed by atoms with Crippen LogP contribution in [0.2, 0.25) is 0 Å². The van der Waals surface area contributed by atoms with Crippen LogP contribution in [0.4, 0.5) is 8.78 Å². The lowest BCUT2D eigenvalue weighted by molar-refractivity contribution is 0.0757. The largest absolute Gasteiger partial charge is 0.486 e. The van der Waals surface area contributed by atoms with E-state index in [2.05, 4.69) is 4.98 Å². The van der Waals surface area contributed by atoms with Crippen LogP contribution in [0.1, 0.15) is 5.56 Å². The Balaban J connectivity index is 1.61. The van der Waals surface area contributed by atoms with Gasteiger partial charge >= 0.3 is 0 Å². The Morgan fingerprint density at radius 2 is 2.04 bits per heavy atom. The number of benzene rings is 1. The molecule has 23 heavy (non-hydrogen) atoms. The van der Waals surface area contributed by atoms with Gasteiger partial charge in [-0.05, 0) is 30.3 Å². The highest BCUT2D eigenvalue weighted by atomic mass is 32.2. The van der Waals surface area contributed by atoms with E-state index in [4.69, 9.17) is 4.74 Å². The van der Waals surface area contributed by atoms with Gasteiger partial charge in [-0.1, -0.05) is 0 Å². The molecule has 0 amide bonds. The Kier molecular flexibility index (Phi) is 4.27. The smallest absolute Gasteiger partial charge is 0.218 e. The number of aromatic nitrogens is 1. The van der Waals surface area contributed by atoms with Gasteiger partial charge in [-0.25, -0.2) is 17.2 Å². The van der Waals surface area contributed by atoms with Crippen molar-refractivity contribution in [2.45, 2.75) is 11.9 Å². The molecule has 1 fully saturated rings. The molecular formula is C15H14F2N2O3S. The number of ether oxygens (including phenoxy) is 1. The molecule has 0 atom stereocenters. The van der Waals surface area contributed by atoms with Crippen LogP contribution >= 0.6 is 0 Å². The summed E-state index contributed by atoms with van der Waals surface area (Å²) in [5, 5.41) is 0. The predicted octanol–water partition coefficient (Wildman–Crippen LogP) is 1.95. The Hall–Kier alpha value is -2.06. The van der Waals surface area contributed by atoms with Crippen LogP contribution in [-0.4, -0.2) is 36.9 Å². The molecule has 1 aliphatic heterocycles. The summed E-state index contributed by atoms with van der Waals surface area (Å²) >= 11 is 0. The van der Waals surface area contributed by atoms with E-state index in [0.717, 1.165) is 18.2 Å². The molecule has 1 aromatic carbocycles. The van der Waals surface area contributed by atoms with E-state index in [-0.39, 0.29) is 24.8 Å². The van der Waals surface area contributed by atoms with Crippen LogP contribution in [0.15, 0.2) is 42.7 Å². The summed E-state index contributed by atoms with van der Waals surface area (Å²) in [6.07, 6.45) is 2.88. The van der Waals surface area contributed by atoms with Gasteiger partial charge in [-0.3, -0.25) is 4.98 Å². The van der Waals surface area contributed by atoms with Crippen molar-refractivity contribution in [1.29, 1.82) is 0 Å². The zero-order valence-corrected chi connectivity index (χ0v) is 12.8. The predicted molar refractivity (Wildman–Crippen MR) is 79.2 cm³/mol. The van der Waals surface area contributed by atoms with Crippen LogP contribution in [0.3, 0.4) is 0 Å². The summed E-state index contributed by atoms with van der Waals surface area (Å²) in [6.45, 7) is 0.350. The minimum atomic E-state index is -3.71. The molecule has 1 saturated heterocycles. The average molecular weight is 340 g/mol. The highest BCUT2D eigenvalue weighted by Gasteiger charge is 2.37. The zero-order chi connectivity index (χ0) is 16.4. The standard InChI is InChI=1S/C15H14F2N2O3S/c16-12-3-4-15(17)11(6-12)10-23(20,21)19-8-14(9-19)22-13-2-1-5-18-7-13/h1-7,14H,8-10H2. The molecule has 0 unspecified atom stereocenters. The number of sulfonamides is 1. The van der Waals surface area contributed by atoms with E-state index in [1.54, 1.807) is 24.5 Å². The first-order chi connectivity index (χ1) is 10.9. The lowest BCUT2D eigenvalue weighted by atomic mass is 10.2. The van der Waals surface area contributed by atoms with E-state index in [9.17, 15) is 17.2 Å². The number of nitrogens with zero attached hydrogens (tertiary/aromatic N) is 2. The third-order valence-electron chi connectivity index (χ3n) is 3.49. The van der Waals surface area contributed by atoms with Crippen molar-refractivity contribution in [3.05, 3.63) is 59.9 Å². The normalized spacial score (nSPS) is 16.1. The third-order valence-corrected chi connectivity index (χ3v) is 5.25. The van der Waals surface area contributed by atoms with Crippen molar-refractivity contribution < 1.29 is 21.9 Å². The van der Waals surface area contributed by atoms with Gasteiger partial charge in [-0.2, -0.15) is 4.31 Å². The van der Waals surface area contributed by atoms with Crippen molar-refractivity contribution in [2.24, 2.45) is 0 Å². The molecule has 0 radical (unpaired) electrons. The van der Waals surface area contributed by atoms with Gasteiger partial charge in [0.2, 0.25) is 10.0 Å². The fraction of sp³-hybridized carbons (Fsp3) is 0.267. The number of hydrogen-bond acceptors (Lipinski definition) is 4. The summed E-state index contributed by atoms with van der Waals surface area (Å²) in [5.74, 6) is -1.42. The molecule has 0 saturated carbocycles. The monoisotopic (exact) mass is 340 g/mol. The molecular weight excluding hydrogens is 326 g/mol. The molecule has 8 heteroatoms. The minimum Gasteiger partial charge on any atom is -0.486 e. The van der Waals surface area contributed by atoms with Crippen molar-refractivity contribution in [3.8, 4) is 5.75 Å². The lowest BCUT2D eigenvalue weighted by Crippen LogP contribution is -2.56. The molecule has 2 aromatic rings. The number of hydrogen-bond donors (Lipinski definition) is 0. The highest BCUT2D eigenvalue weighted by molar-refractivity contribution is 7.88. The SMILES string of the molecule is O=S(=O)(Cc1cc(F)ccc1F)N1CC(Oc2cccnc2)C1. The van der Waals surface area contributed by atoms with Crippen molar-refractivity contribution >= 4 is 10.0 Å². The van der Waals surface area contributed by atoms with Gasteiger partial charge in [0, 0.05) is 11.8 Å². The maximum absolute atomic E-state index is 13.6. The second kappa shape index (κ2) is 6.21. The Morgan fingerprint density at radius 1 is 1.26 bits per heavy atom. The summed E-state index contributed by atoms with van der Waals surface area (Å²) in [5.41, 5.74) is -0.179. The number of rotatable bonds is 5. The summed E-state index contributed by atoms with van der Waals surface area (Å²) in [7, 11) is -3.71. The van der Waals surface area contributed by atoms with Gasteiger partial charge in [0.05, 0.1) is 25.0 Å². The third kappa shape index (κ3) is 3.65. The Labute approximate surface area is 132 Å². The second-order valence-electron chi connectivity index (χ2n) is 5.24. The first-order valence-corrected chi connectivity index (χ1v) is 8.53. The van der Waals surface area contributed by atoms with E-state index in [0.29, 0.717) is 5.75 Å². The molecule has 5 nitrogen and oxygen atoms in total. The first kappa shape index (κ1) is 15.8. The summed E-state index contributed by atoms with van der Waals surface area (Å²) in [4.78, 5) is 3.90. The first-order valence-electron chi connectivity index (χ1n) is 6.92. The van der Waals surface area contributed by atoms with E-state index in [1.165, 1.54) is 4.31 Å². The Bertz CT molecular complexity index is 794. The van der Waals surface area contributed by atoms with Gasteiger partial charge in [-0.15, -0.1) is 0 Å². The van der Waals surface area contributed by atoms with Gasteiger partial charge in [0.25, 0.3) is 0 Å². The number of pyridine rings is 1. The maximum atomic E-state index is 13.6. The van der Waals surface area contributed by atoms with Crippen LogP contribution < -0.4 is 4.74 Å². The van der Waals surface area contributed by atoms with Crippen molar-refractivity contribution in [1.82, 2.24) is 9.29 Å². The van der Waals surface area contributed by atoms with Crippen molar-refractivity contribution in [2.75, 3.05) is 13.1 Å².